The molecule has 124 valence electrons. The van der Waals surface area contributed by atoms with E-state index in [1.807, 2.05) is 12.3 Å². The summed E-state index contributed by atoms with van der Waals surface area (Å²) >= 11 is 1.45. The van der Waals surface area contributed by atoms with Gasteiger partial charge >= 0.3 is 0 Å². The van der Waals surface area contributed by atoms with Crippen molar-refractivity contribution in [3.63, 3.8) is 0 Å². The first-order valence-electron chi connectivity index (χ1n) is 8.06. The van der Waals surface area contributed by atoms with Crippen molar-refractivity contribution in [2.24, 2.45) is 0 Å². The number of nitrogens with zero attached hydrogens (tertiary/aromatic N) is 4. The molecule has 2 aromatic rings. The molecule has 1 aliphatic heterocycles. The Morgan fingerprint density at radius 3 is 3.00 bits per heavy atom. The van der Waals surface area contributed by atoms with Gasteiger partial charge < -0.3 is 5.32 Å². The highest BCUT2D eigenvalue weighted by Crippen LogP contribution is 2.19. The third-order valence-corrected chi connectivity index (χ3v) is 4.95. The van der Waals surface area contributed by atoms with E-state index < -0.39 is 0 Å². The number of likely N-dealkylation sites (tertiary alicyclic amines) is 1. The van der Waals surface area contributed by atoms with E-state index in [1.165, 1.54) is 23.5 Å². The fourth-order valence-electron chi connectivity index (χ4n) is 3.16. The van der Waals surface area contributed by atoms with Crippen LogP contribution in [0.2, 0.25) is 0 Å². The quantitative estimate of drug-likeness (QED) is 0.913. The molecule has 1 atom stereocenters. The van der Waals surface area contributed by atoms with Gasteiger partial charge in [0.15, 0.2) is 5.13 Å². The van der Waals surface area contributed by atoms with Gasteiger partial charge in [-0.25, -0.2) is 4.98 Å². The van der Waals surface area contributed by atoms with Crippen LogP contribution in [0.25, 0.3) is 0 Å². The summed E-state index contributed by atoms with van der Waals surface area (Å²) in [7, 11) is 0. The summed E-state index contributed by atoms with van der Waals surface area (Å²) in [6.07, 6.45) is 5.18. The first-order chi connectivity index (χ1) is 11.1. The van der Waals surface area contributed by atoms with Crippen LogP contribution in [0, 0.1) is 13.8 Å². The largest absolute Gasteiger partial charge is 0.301 e. The minimum absolute atomic E-state index is 0.0141. The third-order valence-electron chi connectivity index (χ3n) is 4.26. The molecule has 0 radical (unpaired) electrons. The van der Waals surface area contributed by atoms with Gasteiger partial charge in [0, 0.05) is 23.3 Å². The molecule has 7 heteroatoms. The zero-order chi connectivity index (χ0) is 16.2. The number of hydrogen-bond acceptors (Lipinski definition) is 5. The molecule has 6 nitrogen and oxygen atoms in total. The van der Waals surface area contributed by atoms with E-state index >= 15 is 0 Å². The summed E-state index contributed by atoms with van der Waals surface area (Å²) in [5.74, 6) is 0.0141. The molecule has 0 aliphatic carbocycles. The van der Waals surface area contributed by atoms with Crippen LogP contribution in [0.15, 0.2) is 17.6 Å². The van der Waals surface area contributed by atoms with Crippen molar-refractivity contribution in [2.45, 2.75) is 45.7 Å². The maximum atomic E-state index is 12.2. The van der Waals surface area contributed by atoms with Gasteiger partial charge in [0.25, 0.3) is 0 Å². The second-order valence-electron chi connectivity index (χ2n) is 6.11. The molecular weight excluding hydrogens is 310 g/mol. The zero-order valence-corrected chi connectivity index (χ0v) is 14.5. The first-order valence-corrected chi connectivity index (χ1v) is 8.94. The summed E-state index contributed by atoms with van der Waals surface area (Å²) in [5, 5.41) is 9.97. The molecular formula is C16H23N5OS. The number of piperidine rings is 1. The van der Waals surface area contributed by atoms with E-state index in [0.29, 0.717) is 17.7 Å². The topological polar surface area (TPSA) is 63.1 Å². The Balaban J connectivity index is 1.61. The van der Waals surface area contributed by atoms with Gasteiger partial charge in [-0.1, -0.05) is 6.42 Å². The summed E-state index contributed by atoms with van der Waals surface area (Å²) < 4.78 is 2.07. The predicted octanol–water partition coefficient (Wildman–Crippen LogP) is 2.45. The number of aryl methyl sites for hydroxylation is 2. The maximum Gasteiger partial charge on any atom is 0.240 e. The normalized spacial score (nSPS) is 19.0. The van der Waals surface area contributed by atoms with E-state index in [4.69, 9.17) is 0 Å². The number of rotatable bonds is 5. The molecule has 1 saturated heterocycles. The number of anilines is 1. The van der Waals surface area contributed by atoms with Crippen LogP contribution in [-0.2, 0) is 11.3 Å². The number of thiazole rings is 1. The molecule has 0 saturated carbocycles. The molecule has 1 fully saturated rings. The minimum atomic E-state index is 0.0141. The van der Waals surface area contributed by atoms with E-state index in [0.717, 1.165) is 31.6 Å². The van der Waals surface area contributed by atoms with Gasteiger partial charge in [0.05, 0.1) is 18.8 Å². The smallest absolute Gasteiger partial charge is 0.240 e. The van der Waals surface area contributed by atoms with Gasteiger partial charge in [-0.05, 0) is 39.3 Å². The summed E-state index contributed by atoms with van der Waals surface area (Å²) in [4.78, 5) is 18.6. The lowest BCUT2D eigenvalue weighted by Gasteiger charge is -2.35. The van der Waals surface area contributed by atoms with Crippen LogP contribution in [0.1, 0.15) is 30.7 Å². The second-order valence-corrected chi connectivity index (χ2v) is 7.01. The minimum Gasteiger partial charge on any atom is -0.301 e. The average molecular weight is 333 g/mol. The van der Waals surface area contributed by atoms with Crippen molar-refractivity contribution >= 4 is 22.4 Å². The Hall–Kier alpha value is -1.73. The highest BCUT2D eigenvalue weighted by atomic mass is 32.1. The standard InChI is InChI=1S/C16H23N5OS/c1-12-9-13(2)21(19-12)10-14-5-3-4-7-20(14)11-15(22)18-16-17-6-8-23-16/h6,8-9,14H,3-5,7,10-11H2,1-2H3,(H,17,18,22). The molecule has 1 unspecified atom stereocenters. The van der Waals surface area contributed by atoms with Crippen molar-refractivity contribution in [3.8, 4) is 0 Å². The predicted molar refractivity (Wildman–Crippen MR) is 91.7 cm³/mol. The van der Waals surface area contributed by atoms with Crippen molar-refractivity contribution in [1.29, 1.82) is 0 Å². The van der Waals surface area contributed by atoms with Gasteiger partial charge in [-0.2, -0.15) is 5.10 Å². The summed E-state index contributed by atoms with van der Waals surface area (Å²) in [6.45, 7) is 6.34. The Labute approximate surface area is 140 Å². The lowest BCUT2D eigenvalue weighted by atomic mass is 10.0. The van der Waals surface area contributed by atoms with Crippen LogP contribution in [0.5, 0.6) is 0 Å². The molecule has 2 aromatic heterocycles. The number of carbonyl (C=O) groups excluding carboxylic acids is 1. The highest BCUT2D eigenvalue weighted by Gasteiger charge is 2.25. The Morgan fingerprint density at radius 1 is 1.43 bits per heavy atom. The van der Waals surface area contributed by atoms with Crippen molar-refractivity contribution in [2.75, 3.05) is 18.4 Å². The average Bonchev–Trinajstić information content (AvgIpc) is 3.11. The Kier molecular flexibility index (Phi) is 5.07. The summed E-state index contributed by atoms with van der Waals surface area (Å²) in [5.41, 5.74) is 2.23. The highest BCUT2D eigenvalue weighted by molar-refractivity contribution is 7.13. The molecule has 0 bridgehead atoms. The van der Waals surface area contributed by atoms with Crippen molar-refractivity contribution < 1.29 is 4.79 Å². The van der Waals surface area contributed by atoms with E-state index in [2.05, 4.69) is 38.0 Å². The van der Waals surface area contributed by atoms with E-state index in [1.54, 1.807) is 6.20 Å². The van der Waals surface area contributed by atoms with Gasteiger partial charge in [0.1, 0.15) is 0 Å². The molecule has 3 rings (SSSR count). The van der Waals surface area contributed by atoms with Crippen LogP contribution in [0.3, 0.4) is 0 Å². The Morgan fingerprint density at radius 2 is 2.30 bits per heavy atom. The number of amides is 1. The molecule has 0 aromatic carbocycles. The fourth-order valence-corrected chi connectivity index (χ4v) is 3.71. The summed E-state index contributed by atoms with van der Waals surface area (Å²) in [6, 6.07) is 2.46. The van der Waals surface area contributed by atoms with Crippen LogP contribution >= 0.6 is 11.3 Å². The molecule has 1 amide bonds. The first kappa shape index (κ1) is 16.1. The fraction of sp³-hybridized carbons (Fsp3) is 0.562. The van der Waals surface area contributed by atoms with Gasteiger partial charge in [-0.15, -0.1) is 11.3 Å². The SMILES string of the molecule is Cc1cc(C)n(CC2CCCCN2CC(=O)Nc2nccs2)n1. The van der Waals surface area contributed by atoms with Crippen LogP contribution in [-0.4, -0.2) is 44.7 Å². The molecule has 1 aliphatic rings. The lowest BCUT2D eigenvalue weighted by Crippen LogP contribution is -2.46. The van der Waals surface area contributed by atoms with Gasteiger partial charge in [-0.3, -0.25) is 14.4 Å². The van der Waals surface area contributed by atoms with Crippen molar-refractivity contribution in [1.82, 2.24) is 19.7 Å². The molecule has 0 spiro atoms. The number of carbonyl (C=O) groups is 1. The Bertz CT molecular complexity index is 651. The molecule has 23 heavy (non-hydrogen) atoms. The second kappa shape index (κ2) is 7.23. The van der Waals surface area contributed by atoms with Crippen LogP contribution in [0.4, 0.5) is 5.13 Å². The zero-order valence-electron chi connectivity index (χ0n) is 13.7. The monoisotopic (exact) mass is 333 g/mol. The number of aromatic nitrogens is 3. The lowest BCUT2D eigenvalue weighted by molar-refractivity contribution is -0.118. The van der Waals surface area contributed by atoms with Crippen molar-refractivity contribution in [3.05, 3.63) is 29.0 Å². The van der Waals surface area contributed by atoms with E-state index in [-0.39, 0.29) is 5.91 Å². The van der Waals surface area contributed by atoms with E-state index in [9.17, 15) is 4.79 Å². The third kappa shape index (κ3) is 4.17. The molecule has 1 N–H and O–H groups in total. The number of hydrogen-bond donors (Lipinski definition) is 1. The molecule has 3 heterocycles. The van der Waals surface area contributed by atoms with Crippen LogP contribution < -0.4 is 5.32 Å². The maximum absolute atomic E-state index is 12.2. The number of nitrogens with one attached hydrogen (secondary N) is 1. The van der Waals surface area contributed by atoms with Gasteiger partial charge in [0.2, 0.25) is 5.91 Å².